The van der Waals surface area contributed by atoms with Gasteiger partial charge in [0.2, 0.25) is 5.91 Å². The van der Waals surface area contributed by atoms with E-state index in [1.54, 1.807) is 24.3 Å². The molecule has 2 rings (SSSR count). The molecule has 0 saturated heterocycles. The lowest BCUT2D eigenvalue weighted by Crippen LogP contribution is -2.21. The second kappa shape index (κ2) is 9.17. The van der Waals surface area contributed by atoms with Crippen LogP contribution in [-0.2, 0) is 31.0 Å². The molecule has 0 aromatic heterocycles. The van der Waals surface area contributed by atoms with E-state index < -0.39 is 11.9 Å². The number of rotatable bonds is 6. The topological polar surface area (TPSA) is 84.5 Å². The number of hydrogen-bond acceptors (Lipinski definition) is 4. The van der Waals surface area contributed by atoms with Gasteiger partial charge in [0.25, 0.3) is 5.91 Å². The van der Waals surface area contributed by atoms with Gasteiger partial charge < -0.3 is 15.4 Å². The van der Waals surface area contributed by atoms with Crippen LogP contribution in [0.5, 0.6) is 0 Å². The third kappa shape index (κ3) is 6.87. The molecule has 0 saturated carbocycles. The normalized spacial score (nSPS) is 10.9. The van der Waals surface area contributed by atoms with Crippen molar-refractivity contribution in [2.75, 3.05) is 17.2 Å². The predicted molar refractivity (Wildman–Crippen MR) is 109 cm³/mol. The summed E-state index contributed by atoms with van der Waals surface area (Å²) in [4.78, 5) is 34.9. The van der Waals surface area contributed by atoms with Gasteiger partial charge in [-0.1, -0.05) is 45.0 Å². The fraction of sp³-hybridized carbons (Fsp3) is 0.318. The van der Waals surface area contributed by atoms with Crippen LogP contribution < -0.4 is 10.6 Å². The van der Waals surface area contributed by atoms with E-state index in [0.29, 0.717) is 11.4 Å². The van der Waals surface area contributed by atoms with Crippen LogP contribution in [0.2, 0.25) is 0 Å². The summed E-state index contributed by atoms with van der Waals surface area (Å²) in [5.41, 5.74) is 3.25. The largest absolute Gasteiger partial charge is 0.455 e. The van der Waals surface area contributed by atoms with E-state index in [0.717, 1.165) is 5.56 Å². The smallest absolute Gasteiger partial charge is 0.310 e. The minimum absolute atomic E-state index is 0.0401. The van der Waals surface area contributed by atoms with Crippen molar-refractivity contribution < 1.29 is 19.1 Å². The van der Waals surface area contributed by atoms with E-state index in [9.17, 15) is 14.4 Å². The molecule has 2 aromatic carbocycles. The second-order valence-corrected chi connectivity index (χ2v) is 7.59. The minimum Gasteiger partial charge on any atom is -0.455 e. The van der Waals surface area contributed by atoms with Gasteiger partial charge in [-0.2, -0.15) is 0 Å². The Morgan fingerprint density at radius 2 is 1.39 bits per heavy atom. The van der Waals surface area contributed by atoms with Crippen LogP contribution in [0.15, 0.2) is 48.5 Å². The average Bonchev–Trinajstić information content (AvgIpc) is 2.61. The molecule has 6 nitrogen and oxygen atoms in total. The van der Waals surface area contributed by atoms with Gasteiger partial charge >= 0.3 is 5.97 Å². The van der Waals surface area contributed by atoms with E-state index >= 15 is 0 Å². The number of carbonyl (C=O) groups excluding carboxylic acids is 3. The Bertz CT molecular complexity index is 834. The maximum Gasteiger partial charge on any atom is 0.310 e. The quantitative estimate of drug-likeness (QED) is 0.747. The molecule has 2 N–H and O–H groups in total. The van der Waals surface area contributed by atoms with Crippen LogP contribution in [-0.4, -0.2) is 24.4 Å². The fourth-order valence-corrected chi connectivity index (χ4v) is 2.52. The molecule has 0 aliphatic carbocycles. The number of amides is 2. The maximum atomic E-state index is 12.0. The lowest BCUT2D eigenvalue weighted by Gasteiger charge is -2.19. The Morgan fingerprint density at radius 1 is 0.857 bits per heavy atom. The third-order valence-electron chi connectivity index (χ3n) is 4.02. The number of esters is 1. The maximum absolute atomic E-state index is 12.0. The average molecular weight is 382 g/mol. The van der Waals surface area contributed by atoms with Gasteiger partial charge in [0.1, 0.15) is 0 Å². The molecule has 0 aliphatic rings. The van der Waals surface area contributed by atoms with Crippen molar-refractivity contribution >= 4 is 29.2 Å². The van der Waals surface area contributed by atoms with E-state index in [2.05, 4.69) is 31.4 Å². The van der Waals surface area contributed by atoms with E-state index in [4.69, 9.17) is 4.74 Å². The Balaban J connectivity index is 1.79. The lowest BCUT2D eigenvalue weighted by molar-refractivity contribution is -0.146. The molecular weight excluding hydrogens is 356 g/mol. The monoisotopic (exact) mass is 382 g/mol. The lowest BCUT2D eigenvalue weighted by atomic mass is 9.87. The van der Waals surface area contributed by atoms with Crippen LogP contribution in [0.1, 0.15) is 38.8 Å². The summed E-state index contributed by atoms with van der Waals surface area (Å²) >= 11 is 0. The van der Waals surface area contributed by atoms with Crippen LogP contribution in [0.4, 0.5) is 11.4 Å². The second-order valence-electron chi connectivity index (χ2n) is 7.59. The summed E-state index contributed by atoms with van der Waals surface area (Å²) in [6.45, 7) is 7.44. The molecule has 0 heterocycles. The molecule has 0 atom stereocenters. The molecule has 0 unspecified atom stereocenters. The van der Waals surface area contributed by atoms with Gasteiger partial charge in [-0.3, -0.25) is 14.4 Å². The van der Waals surface area contributed by atoms with E-state index in [1.807, 2.05) is 24.3 Å². The zero-order chi connectivity index (χ0) is 20.7. The molecule has 6 heteroatoms. The highest BCUT2D eigenvalue weighted by Crippen LogP contribution is 2.23. The number of anilines is 2. The molecule has 148 valence electrons. The molecule has 28 heavy (non-hydrogen) atoms. The highest BCUT2D eigenvalue weighted by atomic mass is 16.5. The standard InChI is InChI=1S/C22H26N2O4/c1-15(25)23-18-9-5-16(6-10-18)13-21(27)28-14-20(26)24-19-11-7-17(8-12-19)22(2,3)4/h5-12H,13-14H2,1-4H3,(H,23,25)(H,24,26). The van der Waals surface area contributed by atoms with Crippen molar-refractivity contribution in [2.45, 2.75) is 39.5 Å². The number of hydrogen-bond donors (Lipinski definition) is 2. The van der Waals surface area contributed by atoms with Gasteiger partial charge in [-0.15, -0.1) is 0 Å². The van der Waals surface area contributed by atoms with Gasteiger partial charge in [0.15, 0.2) is 6.61 Å². The van der Waals surface area contributed by atoms with Crippen molar-refractivity contribution in [2.24, 2.45) is 0 Å². The van der Waals surface area contributed by atoms with Crippen LogP contribution in [0.25, 0.3) is 0 Å². The van der Waals surface area contributed by atoms with Gasteiger partial charge in [0.05, 0.1) is 6.42 Å². The summed E-state index contributed by atoms with van der Waals surface area (Å²) in [5.74, 6) is -1.05. The van der Waals surface area contributed by atoms with Gasteiger partial charge in [-0.05, 0) is 40.8 Å². The predicted octanol–water partition coefficient (Wildman–Crippen LogP) is 3.67. The Labute approximate surface area is 165 Å². The van der Waals surface area contributed by atoms with Gasteiger partial charge in [-0.25, -0.2) is 0 Å². The van der Waals surface area contributed by atoms with E-state index in [1.165, 1.54) is 12.5 Å². The summed E-state index contributed by atoms with van der Waals surface area (Å²) in [6, 6.07) is 14.5. The number of carbonyl (C=O) groups is 3. The van der Waals surface area contributed by atoms with Crippen LogP contribution in [0.3, 0.4) is 0 Å². The molecule has 2 amide bonds. The fourth-order valence-electron chi connectivity index (χ4n) is 2.52. The van der Waals surface area contributed by atoms with Crippen molar-refractivity contribution in [3.05, 3.63) is 59.7 Å². The summed E-state index contributed by atoms with van der Waals surface area (Å²) in [6.07, 6.45) is 0.0495. The summed E-state index contributed by atoms with van der Waals surface area (Å²) in [5, 5.41) is 5.36. The first-order valence-electron chi connectivity index (χ1n) is 9.06. The van der Waals surface area contributed by atoms with Crippen molar-refractivity contribution in [3.8, 4) is 0 Å². The first-order chi connectivity index (χ1) is 13.1. The van der Waals surface area contributed by atoms with Crippen molar-refractivity contribution in [3.63, 3.8) is 0 Å². The molecule has 0 radical (unpaired) electrons. The Kier molecular flexibility index (Phi) is 6.93. The third-order valence-corrected chi connectivity index (χ3v) is 4.02. The number of benzene rings is 2. The summed E-state index contributed by atoms with van der Waals surface area (Å²) < 4.78 is 5.03. The number of ether oxygens (including phenoxy) is 1. The van der Waals surface area contributed by atoms with Gasteiger partial charge in [0, 0.05) is 18.3 Å². The van der Waals surface area contributed by atoms with Crippen molar-refractivity contribution in [1.29, 1.82) is 0 Å². The highest BCUT2D eigenvalue weighted by Gasteiger charge is 2.14. The van der Waals surface area contributed by atoms with Crippen LogP contribution in [0, 0.1) is 0 Å². The molecule has 2 aromatic rings. The summed E-state index contributed by atoms with van der Waals surface area (Å²) in [7, 11) is 0. The minimum atomic E-state index is -0.495. The zero-order valence-corrected chi connectivity index (χ0v) is 16.7. The van der Waals surface area contributed by atoms with Crippen LogP contribution >= 0.6 is 0 Å². The zero-order valence-electron chi connectivity index (χ0n) is 16.7. The highest BCUT2D eigenvalue weighted by molar-refractivity contribution is 5.93. The molecule has 0 bridgehead atoms. The molecule has 0 spiro atoms. The molecule has 0 fully saturated rings. The first kappa shape index (κ1) is 21.2. The van der Waals surface area contributed by atoms with Crippen molar-refractivity contribution in [1.82, 2.24) is 0 Å². The Hall–Kier alpha value is -3.15. The van der Waals surface area contributed by atoms with E-state index in [-0.39, 0.29) is 24.3 Å². The number of nitrogens with one attached hydrogen (secondary N) is 2. The molecular formula is C22H26N2O4. The SMILES string of the molecule is CC(=O)Nc1ccc(CC(=O)OCC(=O)Nc2ccc(C(C)(C)C)cc2)cc1. The molecule has 0 aliphatic heterocycles. The first-order valence-corrected chi connectivity index (χ1v) is 9.06. The Morgan fingerprint density at radius 3 is 1.93 bits per heavy atom.